The van der Waals surface area contributed by atoms with Crippen molar-refractivity contribution in [3.8, 4) is 5.88 Å². The highest BCUT2D eigenvalue weighted by Gasteiger charge is 2.32. The lowest BCUT2D eigenvalue weighted by atomic mass is 9.86. The van der Waals surface area contributed by atoms with Gasteiger partial charge in [0, 0.05) is 37.6 Å². The molecule has 1 saturated carbocycles. The second kappa shape index (κ2) is 13.6. The van der Waals surface area contributed by atoms with E-state index in [1.165, 1.54) is 28.3 Å². The summed E-state index contributed by atoms with van der Waals surface area (Å²) in [6, 6.07) is 4.83. The van der Waals surface area contributed by atoms with Crippen LogP contribution in [0, 0.1) is 16.0 Å². The highest BCUT2D eigenvalue weighted by molar-refractivity contribution is 7.92. The topological polar surface area (TPSA) is 184 Å². The molecule has 0 spiro atoms. The van der Waals surface area contributed by atoms with Gasteiger partial charge in [-0.25, -0.2) is 23.0 Å². The highest BCUT2D eigenvalue weighted by atomic mass is 32.2. The number of hydrogen-bond donors (Lipinski definition) is 1. The molecule has 2 aliphatic rings. The summed E-state index contributed by atoms with van der Waals surface area (Å²) in [4.78, 5) is 34.9. The lowest BCUT2D eigenvalue weighted by Gasteiger charge is -2.30. The van der Waals surface area contributed by atoms with Crippen LogP contribution in [0.5, 0.6) is 5.88 Å². The first-order valence-corrected chi connectivity index (χ1v) is 17.4. The Morgan fingerprint density at radius 1 is 1.11 bits per heavy atom. The van der Waals surface area contributed by atoms with Crippen LogP contribution in [-0.2, 0) is 21.8 Å². The van der Waals surface area contributed by atoms with E-state index >= 15 is 0 Å². The van der Waals surface area contributed by atoms with Gasteiger partial charge < -0.3 is 29.8 Å². The summed E-state index contributed by atoms with van der Waals surface area (Å²) in [5.41, 5.74) is 1.23. The fourth-order valence-electron chi connectivity index (χ4n) is 6.27. The quantitative estimate of drug-likeness (QED) is 0.181. The predicted molar refractivity (Wildman–Crippen MR) is 175 cm³/mol. The smallest absolute Gasteiger partial charge is 0.434 e. The highest BCUT2D eigenvalue weighted by Crippen LogP contribution is 2.36. The van der Waals surface area contributed by atoms with Gasteiger partial charge in [0.1, 0.15) is 17.7 Å². The number of aromatic nitrogens is 6. The average Bonchev–Trinajstić information content (AvgIpc) is 3.46. The number of imidazole rings is 1. The average molecular weight is 667 g/mol. The van der Waals surface area contributed by atoms with Crippen LogP contribution in [0.4, 0.5) is 23.4 Å². The minimum Gasteiger partial charge on any atom is -0.477 e. The van der Waals surface area contributed by atoms with Crippen molar-refractivity contribution < 1.29 is 22.8 Å². The van der Waals surface area contributed by atoms with E-state index in [1.807, 2.05) is 6.07 Å². The van der Waals surface area contributed by atoms with Crippen LogP contribution in [-0.4, -0.2) is 88.0 Å². The van der Waals surface area contributed by atoms with Crippen molar-refractivity contribution in [2.24, 2.45) is 13.0 Å². The number of ether oxygens (including phenoxy) is 2. The molecular formula is C30H38N10O6S. The maximum atomic E-state index is 13.2. The molecule has 47 heavy (non-hydrogen) atoms. The maximum Gasteiger partial charge on any atom is 0.434 e. The third kappa shape index (κ3) is 7.20. The van der Waals surface area contributed by atoms with Gasteiger partial charge in [0.2, 0.25) is 21.9 Å². The molecule has 1 aliphatic carbocycles. The monoisotopic (exact) mass is 666 g/mol. The maximum absolute atomic E-state index is 13.2. The van der Waals surface area contributed by atoms with Gasteiger partial charge >= 0.3 is 5.95 Å². The van der Waals surface area contributed by atoms with Crippen LogP contribution < -0.4 is 19.3 Å². The third-order valence-electron chi connectivity index (χ3n) is 8.71. The number of hydrogen-bond acceptors (Lipinski definition) is 13. The van der Waals surface area contributed by atoms with Crippen LogP contribution in [0.15, 0.2) is 43.0 Å². The van der Waals surface area contributed by atoms with Gasteiger partial charge in [-0.15, -0.1) is 0 Å². The van der Waals surface area contributed by atoms with Gasteiger partial charge in [0.15, 0.2) is 0 Å². The first-order valence-electron chi connectivity index (χ1n) is 15.5. The van der Waals surface area contributed by atoms with Crippen molar-refractivity contribution >= 4 is 44.3 Å². The van der Waals surface area contributed by atoms with E-state index in [4.69, 9.17) is 14.5 Å². The van der Waals surface area contributed by atoms with Crippen molar-refractivity contribution in [1.82, 2.24) is 29.5 Å². The second-order valence-corrected chi connectivity index (χ2v) is 13.8. The minimum atomic E-state index is -3.87. The summed E-state index contributed by atoms with van der Waals surface area (Å²) in [6.07, 6.45) is 11.1. The lowest BCUT2D eigenvalue weighted by molar-refractivity contribution is -0.396. The Labute approximate surface area is 272 Å². The molecule has 0 amide bonds. The summed E-state index contributed by atoms with van der Waals surface area (Å²) in [5.74, 6) is 1.63. The molecule has 0 aromatic carbocycles. The molecule has 1 atom stereocenters. The summed E-state index contributed by atoms with van der Waals surface area (Å²) >= 11 is 0. The predicted octanol–water partition coefficient (Wildman–Crippen LogP) is 3.48. The first kappa shape index (κ1) is 32.3. The van der Waals surface area contributed by atoms with Crippen LogP contribution >= 0.6 is 0 Å². The summed E-state index contributed by atoms with van der Waals surface area (Å²) in [6.45, 7) is 4.61. The minimum absolute atomic E-state index is 0.275. The van der Waals surface area contributed by atoms with E-state index in [2.05, 4.69) is 30.2 Å². The number of morpholine rings is 1. The molecule has 16 nitrogen and oxygen atoms in total. The molecule has 1 unspecified atom stereocenters. The van der Waals surface area contributed by atoms with Gasteiger partial charge in [-0.3, -0.25) is 9.29 Å². The SMILES string of the molecule is CC(c1cnc([N+](=O)[O-])n1C)N(c1cnc2cc(N3CCOCC3)nc(OCC3CCC(Nc4ncccn4)CC3)c2c1)S(C)(=O)=O. The molecule has 17 heteroatoms. The van der Waals surface area contributed by atoms with Crippen LogP contribution in [0.25, 0.3) is 10.9 Å². The van der Waals surface area contributed by atoms with Gasteiger partial charge in [-0.2, -0.15) is 4.98 Å². The van der Waals surface area contributed by atoms with E-state index in [1.54, 1.807) is 31.5 Å². The van der Waals surface area contributed by atoms with E-state index in [0.717, 1.165) is 31.9 Å². The number of nitrogens with zero attached hydrogens (tertiary/aromatic N) is 9. The molecule has 250 valence electrons. The Hall–Kier alpha value is -4.64. The van der Waals surface area contributed by atoms with Gasteiger partial charge in [0.25, 0.3) is 0 Å². The number of rotatable bonds is 11. The second-order valence-electron chi connectivity index (χ2n) is 11.9. The van der Waals surface area contributed by atoms with E-state index in [0.29, 0.717) is 73.1 Å². The van der Waals surface area contributed by atoms with Crippen molar-refractivity contribution in [2.45, 2.75) is 44.7 Å². The zero-order chi connectivity index (χ0) is 33.1. The Balaban J connectivity index is 1.28. The lowest BCUT2D eigenvalue weighted by Crippen LogP contribution is -2.36. The number of nitrogens with one attached hydrogen (secondary N) is 1. The zero-order valence-corrected chi connectivity index (χ0v) is 27.3. The van der Waals surface area contributed by atoms with Crippen molar-refractivity contribution in [3.63, 3.8) is 0 Å². The van der Waals surface area contributed by atoms with Gasteiger partial charge in [-0.1, -0.05) is 4.98 Å². The van der Waals surface area contributed by atoms with Crippen LogP contribution in [0.1, 0.15) is 44.3 Å². The summed E-state index contributed by atoms with van der Waals surface area (Å²) in [7, 11) is -2.39. The largest absolute Gasteiger partial charge is 0.477 e. The molecule has 1 N–H and O–H groups in total. The number of pyridine rings is 2. The molecule has 4 aromatic heterocycles. The molecule has 0 radical (unpaired) electrons. The van der Waals surface area contributed by atoms with Gasteiger partial charge in [0.05, 0.1) is 62.0 Å². The fourth-order valence-corrected chi connectivity index (χ4v) is 7.44. The number of fused-ring (bicyclic) bond motifs is 1. The molecule has 1 aliphatic heterocycles. The Morgan fingerprint density at radius 2 is 1.83 bits per heavy atom. The Morgan fingerprint density at radius 3 is 2.49 bits per heavy atom. The first-order chi connectivity index (χ1) is 22.6. The molecular weight excluding hydrogens is 628 g/mol. The molecule has 4 aromatic rings. The van der Waals surface area contributed by atoms with Crippen molar-refractivity contribution in [1.29, 1.82) is 0 Å². The van der Waals surface area contributed by atoms with Gasteiger partial charge in [-0.05, 0) is 55.6 Å². The number of anilines is 3. The Bertz CT molecular complexity index is 1830. The van der Waals surface area contributed by atoms with E-state index in [-0.39, 0.29) is 17.7 Å². The number of nitro groups is 1. The zero-order valence-electron chi connectivity index (χ0n) is 26.5. The van der Waals surface area contributed by atoms with Crippen LogP contribution in [0.3, 0.4) is 0 Å². The molecule has 0 bridgehead atoms. The standard InChI is InChI=1S/C30H38N10O6S/c1-20(26-18-34-30(37(26)2)40(41)42)39(47(3,43)44)23-15-24-25(33-17-23)16-27(38-11-13-45-14-12-38)36-28(24)46-19-21-5-7-22(8-6-21)35-29-31-9-4-10-32-29/h4,9-10,15-18,20-22H,5-8,11-14,19H2,1-3H3,(H,31,32,35). The summed E-state index contributed by atoms with van der Waals surface area (Å²) in [5, 5.41) is 15.4. The Kier molecular flexibility index (Phi) is 9.35. The van der Waals surface area contributed by atoms with Crippen LogP contribution in [0.2, 0.25) is 0 Å². The molecule has 1 saturated heterocycles. The molecule has 2 fully saturated rings. The molecule has 6 rings (SSSR count). The van der Waals surface area contributed by atoms with Crippen molar-refractivity contribution in [2.75, 3.05) is 53.7 Å². The fraction of sp³-hybridized carbons (Fsp3) is 0.500. The van der Waals surface area contributed by atoms with Crippen molar-refractivity contribution in [3.05, 3.63) is 58.8 Å². The summed E-state index contributed by atoms with van der Waals surface area (Å²) < 4.78 is 40.9. The van der Waals surface area contributed by atoms with E-state index in [9.17, 15) is 18.5 Å². The van der Waals surface area contributed by atoms with E-state index < -0.39 is 21.0 Å². The normalized spacial score (nSPS) is 19.3. The molecule has 5 heterocycles. The third-order valence-corrected chi connectivity index (χ3v) is 9.95. The number of sulfonamides is 1.